The van der Waals surface area contributed by atoms with Crippen LogP contribution in [0.25, 0.3) is 10.9 Å². The summed E-state index contributed by atoms with van der Waals surface area (Å²) >= 11 is 1.42. The SMILES string of the molecule is CC(C)Cc1nnc(NC(=O)c2cc3ccccc3[nH]2)s1. The third-order valence-corrected chi connectivity index (χ3v) is 3.91. The Bertz CT molecular complexity index is 742. The van der Waals surface area contributed by atoms with E-state index in [0.717, 1.165) is 22.3 Å². The number of hydrogen-bond acceptors (Lipinski definition) is 4. The molecule has 21 heavy (non-hydrogen) atoms. The molecule has 0 radical (unpaired) electrons. The van der Waals surface area contributed by atoms with Gasteiger partial charge in [0.2, 0.25) is 5.13 Å². The molecule has 6 heteroatoms. The van der Waals surface area contributed by atoms with Gasteiger partial charge in [-0.05, 0) is 18.1 Å². The fourth-order valence-corrected chi connectivity index (χ4v) is 3.04. The summed E-state index contributed by atoms with van der Waals surface area (Å²) in [5.74, 6) is 0.327. The van der Waals surface area contributed by atoms with Crippen molar-refractivity contribution >= 4 is 33.3 Å². The van der Waals surface area contributed by atoms with Crippen molar-refractivity contribution in [1.82, 2.24) is 15.2 Å². The quantitative estimate of drug-likeness (QED) is 0.775. The van der Waals surface area contributed by atoms with E-state index in [0.29, 0.717) is 16.7 Å². The summed E-state index contributed by atoms with van der Waals surface area (Å²) in [5.41, 5.74) is 1.47. The van der Waals surface area contributed by atoms with Crippen molar-refractivity contribution in [3.63, 3.8) is 0 Å². The Balaban J connectivity index is 1.75. The maximum absolute atomic E-state index is 12.2. The lowest BCUT2D eigenvalue weighted by atomic mass is 10.1. The van der Waals surface area contributed by atoms with Crippen molar-refractivity contribution in [1.29, 1.82) is 0 Å². The largest absolute Gasteiger partial charge is 0.351 e. The highest BCUT2D eigenvalue weighted by Crippen LogP contribution is 2.20. The van der Waals surface area contributed by atoms with Crippen molar-refractivity contribution < 1.29 is 4.79 Å². The van der Waals surface area contributed by atoms with Gasteiger partial charge >= 0.3 is 0 Å². The van der Waals surface area contributed by atoms with Gasteiger partial charge in [-0.3, -0.25) is 10.1 Å². The van der Waals surface area contributed by atoms with Crippen LogP contribution in [0.2, 0.25) is 0 Å². The van der Waals surface area contributed by atoms with E-state index >= 15 is 0 Å². The minimum atomic E-state index is -0.196. The predicted molar refractivity (Wildman–Crippen MR) is 84.7 cm³/mol. The van der Waals surface area contributed by atoms with Gasteiger partial charge in [-0.2, -0.15) is 0 Å². The molecule has 108 valence electrons. The Morgan fingerprint density at radius 3 is 2.90 bits per heavy atom. The summed E-state index contributed by atoms with van der Waals surface area (Å²) in [7, 11) is 0. The van der Waals surface area contributed by atoms with Crippen LogP contribution in [0.3, 0.4) is 0 Å². The lowest BCUT2D eigenvalue weighted by Crippen LogP contribution is -2.11. The second-order valence-corrected chi connectivity index (χ2v) is 6.39. The summed E-state index contributed by atoms with van der Waals surface area (Å²) in [6, 6.07) is 9.62. The molecular formula is C15H16N4OS. The summed E-state index contributed by atoms with van der Waals surface area (Å²) in [4.78, 5) is 15.3. The molecule has 0 saturated heterocycles. The van der Waals surface area contributed by atoms with Gasteiger partial charge in [0.15, 0.2) is 0 Å². The first-order valence-electron chi connectivity index (χ1n) is 6.83. The smallest absolute Gasteiger partial charge is 0.273 e. The molecule has 2 N–H and O–H groups in total. The van der Waals surface area contributed by atoms with E-state index in [1.165, 1.54) is 11.3 Å². The van der Waals surface area contributed by atoms with E-state index in [1.807, 2.05) is 30.3 Å². The number of rotatable bonds is 4. The Morgan fingerprint density at radius 1 is 1.33 bits per heavy atom. The molecule has 5 nitrogen and oxygen atoms in total. The average Bonchev–Trinajstić information content (AvgIpc) is 3.04. The summed E-state index contributed by atoms with van der Waals surface area (Å²) in [5, 5.41) is 13.4. The number of carbonyl (C=O) groups is 1. The molecule has 1 aromatic carbocycles. The van der Waals surface area contributed by atoms with Gasteiger partial charge in [-0.1, -0.05) is 43.4 Å². The molecule has 2 heterocycles. The van der Waals surface area contributed by atoms with Gasteiger partial charge in [0, 0.05) is 17.3 Å². The summed E-state index contributed by atoms with van der Waals surface area (Å²) in [6.07, 6.45) is 0.875. The van der Waals surface area contributed by atoms with Crippen LogP contribution in [0.4, 0.5) is 5.13 Å². The molecule has 3 rings (SSSR count). The van der Waals surface area contributed by atoms with Crippen LogP contribution in [0, 0.1) is 5.92 Å². The number of fused-ring (bicyclic) bond motifs is 1. The Labute approximate surface area is 126 Å². The first-order chi connectivity index (χ1) is 10.1. The second kappa shape index (κ2) is 5.65. The number of nitrogens with one attached hydrogen (secondary N) is 2. The number of para-hydroxylation sites is 1. The Hall–Kier alpha value is -2.21. The van der Waals surface area contributed by atoms with Crippen LogP contribution in [0.5, 0.6) is 0 Å². The number of aromatic amines is 1. The topological polar surface area (TPSA) is 70.7 Å². The fourth-order valence-electron chi connectivity index (χ4n) is 2.10. The number of amides is 1. The van der Waals surface area contributed by atoms with Gasteiger partial charge in [0.05, 0.1) is 0 Å². The third kappa shape index (κ3) is 3.11. The molecule has 2 aromatic heterocycles. The molecule has 0 aliphatic rings. The van der Waals surface area contributed by atoms with E-state index in [2.05, 4.69) is 34.3 Å². The minimum Gasteiger partial charge on any atom is -0.351 e. The number of hydrogen-bond donors (Lipinski definition) is 2. The van der Waals surface area contributed by atoms with Crippen LogP contribution in [0.15, 0.2) is 30.3 Å². The third-order valence-electron chi connectivity index (χ3n) is 3.04. The zero-order valence-electron chi connectivity index (χ0n) is 11.9. The predicted octanol–water partition coefficient (Wildman–Crippen LogP) is 3.47. The van der Waals surface area contributed by atoms with Crippen molar-refractivity contribution in [2.24, 2.45) is 5.92 Å². The van der Waals surface area contributed by atoms with Crippen molar-refractivity contribution in [2.45, 2.75) is 20.3 Å². The lowest BCUT2D eigenvalue weighted by molar-refractivity contribution is 0.102. The van der Waals surface area contributed by atoms with Crippen LogP contribution in [-0.2, 0) is 6.42 Å². The molecule has 0 spiro atoms. The van der Waals surface area contributed by atoms with E-state index in [9.17, 15) is 4.79 Å². The van der Waals surface area contributed by atoms with Gasteiger partial charge in [-0.15, -0.1) is 10.2 Å². The maximum Gasteiger partial charge on any atom is 0.273 e. The molecule has 0 unspecified atom stereocenters. The van der Waals surface area contributed by atoms with E-state index in [-0.39, 0.29) is 5.91 Å². The van der Waals surface area contributed by atoms with Gasteiger partial charge in [0.1, 0.15) is 10.7 Å². The zero-order chi connectivity index (χ0) is 14.8. The molecule has 0 aliphatic heterocycles. The van der Waals surface area contributed by atoms with Crippen LogP contribution < -0.4 is 5.32 Å². The molecule has 0 fully saturated rings. The van der Waals surface area contributed by atoms with Crippen molar-refractivity contribution in [3.05, 3.63) is 41.0 Å². The fraction of sp³-hybridized carbons (Fsp3) is 0.267. The maximum atomic E-state index is 12.2. The molecule has 0 atom stereocenters. The Morgan fingerprint density at radius 2 is 2.14 bits per heavy atom. The first kappa shape index (κ1) is 13.8. The van der Waals surface area contributed by atoms with Gasteiger partial charge in [0.25, 0.3) is 5.91 Å². The second-order valence-electron chi connectivity index (χ2n) is 5.32. The summed E-state index contributed by atoms with van der Waals surface area (Å²) < 4.78 is 0. The average molecular weight is 300 g/mol. The Kier molecular flexibility index (Phi) is 3.70. The van der Waals surface area contributed by atoms with Gasteiger partial charge < -0.3 is 4.98 Å². The molecular weight excluding hydrogens is 284 g/mol. The van der Waals surface area contributed by atoms with E-state index in [4.69, 9.17) is 0 Å². The number of carbonyl (C=O) groups excluding carboxylic acids is 1. The van der Waals surface area contributed by atoms with E-state index < -0.39 is 0 Å². The van der Waals surface area contributed by atoms with Crippen LogP contribution >= 0.6 is 11.3 Å². The number of anilines is 1. The highest BCUT2D eigenvalue weighted by molar-refractivity contribution is 7.15. The van der Waals surface area contributed by atoms with E-state index in [1.54, 1.807) is 0 Å². The van der Waals surface area contributed by atoms with Gasteiger partial charge in [-0.25, -0.2) is 0 Å². The molecule has 0 bridgehead atoms. The number of benzene rings is 1. The minimum absolute atomic E-state index is 0.196. The monoisotopic (exact) mass is 300 g/mol. The highest BCUT2D eigenvalue weighted by Gasteiger charge is 2.13. The van der Waals surface area contributed by atoms with Crippen LogP contribution in [0.1, 0.15) is 29.3 Å². The standard InChI is InChI=1S/C15H16N4OS/c1-9(2)7-13-18-19-15(21-13)17-14(20)12-8-10-5-3-4-6-11(10)16-12/h3-6,8-9,16H,7H2,1-2H3,(H,17,19,20). The summed E-state index contributed by atoms with van der Waals surface area (Å²) in [6.45, 7) is 4.26. The van der Waals surface area contributed by atoms with Crippen molar-refractivity contribution in [3.8, 4) is 0 Å². The molecule has 3 aromatic rings. The lowest BCUT2D eigenvalue weighted by Gasteiger charge is -1.98. The molecule has 1 amide bonds. The number of nitrogens with zero attached hydrogens (tertiary/aromatic N) is 2. The molecule has 0 aliphatic carbocycles. The van der Waals surface area contributed by atoms with Crippen LogP contribution in [-0.4, -0.2) is 21.1 Å². The first-order valence-corrected chi connectivity index (χ1v) is 7.65. The normalized spacial score (nSPS) is 11.2. The number of H-pyrrole nitrogens is 1. The zero-order valence-corrected chi connectivity index (χ0v) is 12.7. The van der Waals surface area contributed by atoms with Crippen molar-refractivity contribution in [2.75, 3.05) is 5.32 Å². The molecule has 0 saturated carbocycles. The number of aromatic nitrogens is 3. The highest BCUT2D eigenvalue weighted by atomic mass is 32.1.